The number of carbonyl (C=O) groups is 1. The van der Waals surface area contributed by atoms with Gasteiger partial charge in [0.05, 0.1) is 0 Å². The first-order chi connectivity index (χ1) is 8.81. The minimum absolute atomic E-state index is 0.266. The minimum atomic E-state index is -0.373. The summed E-state index contributed by atoms with van der Waals surface area (Å²) < 4.78 is 5.49. The van der Waals surface area contributed by atoms with Crippen LogP contribution in [0.3, 0.4) is 0 Å². The molecule has 0 heterocycles. The zero-order chi connectivity index (χ0) is 12.5. The summed E-state index contributed by atoms with van der Waals surface area (Å²) in [6.45, 7) is 3.45. The molecule has 0 spiro atoms. The molecule has 2 aliphatic rings. The number of esters is 1. The van der Waals surface area contributed by atoms with Gasteiger partial charge in [-0.15, -0.1) is 0 Å². The van der Waals surface area contributed by atoms with E-state index in [1.807, 2.05) is 18.2 Å². The van der Waals surface area contributed by atoms with Gasteiger partial charge in [0.15, 0.2) is 6.10 Å². The highest BCUT2D eigenvalue weighted by Crippen LogP contribution is 2.46. The fourth-order valence-electron chi connectivity index (χ4n) is 2.68. The van der Waals surface area contributed by atoms with Gasteiger partial charge in [0.25, 0.3) is 0 Å². The number of fused-ring (bicyclic) bond motifs is 2. The molecule has 18 heavy (non-hydrogen) atoms. The van der Waals surface area contributed by atoms with Crippen molar-refractivity contribution in [1.29, 1.82) is 0 Å². The molecule has 0 saturated heterocycles. The summed E-state index contributed by atoms with van der Waals surface area (Å²) in [5, 5.41) is 0. The zero-order valence-corrected chi connectivity index (χ0v) is 10.1. The number of hydrogen-bond donors (Lipinski definition) is 0. The topological polar surface area (TPSA) is 26.3 Å². The first kappa shape index (κ1) is 11.0. The summed E-state index contributed by atoms with van der Waals surface area (Å²) in [5.74, 6) is -0.373. The molecule has 0 bridgehead atoms. The van der Waals surface area contributed by atoms with Crippen molar-refractivity contribution in [3.63, 3.8) is 0 Å². The predicted molar refractivity (Wildman–Crippen MR) is 70.8 cm³/mol. The van der Waals surface area contributed by atoms with Crippen molar-refractivity contribution >= 4 is 11.5 Å². The second-order valence-corrected chi connectivity index (χ2v) is 4.48. The first-order valence-electron chi connectivity index (χ1n) is 6.13. The van der Waals surface area contributed by atoms with Crippen molar-refractivity contribution in [2.45, 2.75) is 18.9 Å². The zero-order valence-electron chi connectivity index (χ0n) is 10.1. The van der Waals surface area contributed by atoms with Gasteiger partial charge in [-0.3, -0.25) is 0 Å². The standard InChI is InChI=1S/C16H14O2/c1-2-15(17)18-16-13-9-5-3-7-11(13)12-8-4-6-10-14(12)16/h2-3,5-7,9-10,16H,1,4,8H2. The maximum atomic E-state index is 11.5. The van der Waals surface area contributed by atoms with Gasteiger partial charge in [-0.05, 0) is 24.0 Å². The summed E-state index contributed by atoms with van der Waals surface area (Å²) in [6, 6.07) is 8.14. The van der Waals surface area contributed by atoms with Gasteiger partial charge < -0.3 is 4.74 Å². The summed E-state index contributed by atoms with van der Waals surface area (Å²) in [4.78, 5) is 11.5. The average molecular weight is 238 g/mol. The highest BCUT2D eigenvalue weighted by atomic mass is 16.5. The van der Waals surface area contributed by atoms with Gasteiger partial charge in [-0.2, -0.15) is 0 Å². The van der Waals surface area contributed by atoms with Crippen LogP contribution in [0.1, 0.15) is 30.1 Å². The SMILES string of the molecule is C=CC(=O)OC1C2=C(CCC=C2)c2ccccc21. The van der Waals surface area contributed by atoms with E-state index in [4.69, 9.17) is 4.74 Å². The predicted octanol–water partition coefficient (Wildman–Crippen LogP) is 3.57. The lowest BCUT2D eigenvalue weighted by atomic mass is 9.97. The lowest BCUT2D eigenvalue weighted by molar-refractivity contribution is -0.141. The van der Waals surface area contributed by atoms with Crippen molar-refractivity contribution < 1.29 is 9.53 Å². The largest absolute Gasteiger partial charge is 0.449 e. The van der Waals surface area contributed by atoms with Gasteiger partial charge >= 0.3 is 5.97 Å². The lowest BCUT2D eigenvalue weighted by Gasteiger charge is -2.16. The van der Waals surface area contributed by atoms with E-state index < -0.39 is 0 Å². The van der Waals surface area contributed by atoms with E-state index in [0.717, 1.165) is 24.0 Å². The third kappa shape index (κ3) is 1.61. The molecule has 2 heteroatoms. The number of benzene rings is 1. The van der Waals surface area contributed by atoms with Crippen LogP contribution in [-0.4, -0.2) is 5.97 Å². The molecule has 0 amide bonds. The maximum absolute atomic E-state index is 11.5. The second kappa shape index (κ2) is 4.30. The molecule has 3 rings (SSSR count). The fourth-order valence-corrected chi connectivity index (χ4v) is 2.68. The van der Waals surface area contributed by atoms with Crippen LogP contribution in [0.25, 0.3) is 5.57 Å². The van der Waals surface area contributed by atoms with Crippen molar-refractivity contribution in [2.24, 2.45) is 0 Å². The van der Waals surface area contributed by atoms with E-state index in [1.165, 1.54) is 17.2 Å². The van der Waals surface area contributed by atoms with Crippen LogP contribution < -0.4 is 0 Å². The number of hydrogen-bond acceptors (Lipinski definition) is 2. The van der Waals surface area contributed by atoms with E-state index >= 15 is 0 Å². The molecule has 1 aromatic rings. The maximum Gasteiger partial charge on any atom is 0.331 e. The third-order valence-corrected chi connectivity index (χ3v) is 3.46. The third-order valence-electron chi connectivity index (χ3n) is 3.46. The van der Waals surface area contributed by atoms with Gasteiger partial charge in [0.1, 0.15) is 0 Å². The van der Waals surface area contributed by atoms with Gasteiger partial charge in [-0.25, -0.2) is 4.79 Å². The van der Waals surface area contributed by atoms with E-state index in [2.05, 4.69) is 24.8 Å². The molecular weight excluding hydrogens is 224 g/mol. The van der Waals surface area contributed by atoms with Crippen LogP contribution in [-0.2, 0) is 9.53 Å². The summed E-state index contributed by atoms with van der Waals surface area (Å²) in [7, 11) is 0. The van der Waals surface area contributed by atoms with E-state index in [-0.39, 0.29) is 12.1 Å². The van der Waals surface area contributed by atoms with Crippen LogP contribution in [0.5, 0.6) is 0 Å². The molecule has 0 radical (unpaired) electrons. The molecule has 2 nitrogen and oxygen atoms in total. The smallest absolute Gasteiger partial charge is 0.331 e. The Hall–Kier alpha value is -2.09. The molecule has 90 valence electrons. The van der Waals surface area contributed by atoms with Crippen molar-refractivity contribution in [2.75, 3.05) is 0 Å². The molecule has 0 N–H and O–H groups in total. The Morgan fingerprint density at radius 2 is 2.22 bits per heavy atom. The fraction of sp³-hybridized carbons (Fsp3) is 0.188. The van der Waals surface area contributed by atoms with Gasteiger partial charge in [0, 0.05) is 17.2 Å². The molecule has 0 saturated carbocycles. The number of rotatable bonds is 2. The average Bonchev–Trinajstić information content (AvgIpc) is 2.74. The van der Waals surface area contributed by atoms with Crippen LogP contribution in [0, 0.1) is 0 Å². The normalized spacial score (nSPS) is 20.3. The van der Waals surface area contributed by atoms with Crippen molar-refractivity contribution in [3.05, 3.63) is 65.8 Å². The van der Waals surface area contributed by atoms with Crippen LogP contribution in [0.2, 0.25) is 0 Å². The van der Waals surface area contributed by atoms with E-state index in [1.54, 1.807) is 0 Å². The number of allylic oxidation sites excluding steroid dienone is 2. The molecule has 1 aromatic carbocycles. The second-order valence-electron chi connectivity index (χ2n) is 4.48. The van der Waals surface area contributed by atoms with Crippen LogP contribution >= 0.6 is 0 Å². The Morgan fingerprint density at radius 3 is 3.06 bits per heavy atom. The Labute approximate surface area is 106 Å². The Balaban J connectivity index is 2.07. The molecule has 0 aliphatic heterocycles. The highest BCUT2D eigenvalue weighted by Gasteiger charge is 2.32. The Morgan fingerprint density at radius 1 is 1.39 bits per heavy atom. The Kier molecular flexibility index (Phi) is 2.63. The monoisotopic (exact) mass is 238 g/mol. The molecule has 0 aromatic heterocycles. The highest BCUT2D eigenvalue weighted by molar-refractivity contribution is 5.85. The van der Waals surface area contributed by atoms with Gasteiger partial charge in [0.2, 0.25) is 0 Å². The van der Waals surface area contributed by atoms with Crippen molar-refractivity contribution in [3.8, 4) is 0 Å². The molecule has 0 fully saturated rings. The first-order valence-corrected chi connectivity index (χ1v) is 6.13. The van der Waals surface area contributed by atoms with E-state index in [0.29, 0.717) is 0 Å². The number of carbonyl (C=O) groups excluding carboxylic acids is 1. The summed E-state index contributed by atoms with van der Waals surface area (Å²) >= 11 is 0. The van der Waals surface area contributed by atoms with E-state index in [9.17, 15) is 4.79 Å². The molecule has 1 atom stereocenters. The van der Waals surface area contributed by atoms with Crippen molar-refractivity contribution in [1.82, 2.24) is 0 Å². The van der Waals surface area contributed by atoms with Gasteiger partial charge in [-0.1, -0.05) is 43.0 Å². The lowest BCUT2D eigenvalue weighted by Crippen LogP contribution is -2.09. The number of ether oxygens (including phenoxy) is 1. The summed E-state index contributed by atoms with van der Waals surface area (Å²) in [6.07, 6.45) is 7.24. The molecule has 1 unspecified atom stereocenters. The molecule has 2 aliphatic carbocycles. The summed E-state index contributed by atoms with van der Waals surface area (Å²) in [5.41, 5.74) is 4.75. The Bertz CT molecular complexity index is 579. The minimum Gasteiger partial charge on any atom is -0.449 e. The quantitative estimate of drug-likeness (QED) is 0.581. The van der Waals surface area contributed by atoms with Crippen LogP contribution in [0.4, 0.5) is 0 Å². The van der Waals surface area contributed by atoms with Crippen LogP contribution in [0.15, 0.2) is 54.6 Å². The molecular formula is C16H14O2.